The van der Waals surface area contributed by atoms with Crippen molar-refractivity contribution in [2.75, 3.05) is 7.11 Å². The Bertz CT molecular complexity index is 391. The molecule has 0 aliphatic rings. The SMILES string of the molecule is CCCC(OC)C(=O)Cc1cccc(Cl)c1Cl. The molecular formula is C13H16Cl2O2. The van der Waals surface area contributed by atoms with Crippen molar-refractivity contribution in [1.29, 1.82) is 0 Å². The van der Waals surface area contributed by atoms with Crippen LogP contribution in [0.2, 0.25) is 10.0 Å². The van der Waals surface area contributed by atoms with Crippen LogP contribution in [0.3, 0.4) is 0 Å². The molecule has 1 aromatic carbocycles. The summed E-state index contributed by atoms with van der Waals surface area (Å²) in [4.78, 5) is 12.0. The van der Waals surface area contributed by atoms with Crippen molar-refractivity contribution in [1.82, 2.24) is 0 Å². The van der Waals surface area contributed by atoms with E-state index in [1.165, 1.54) is 0 Å². The van der Waals surface area contributed by atoms with Gasteiger partial charge in [0, 0.05) is 13.5 Å². The second-order valence-electron chi connectivity index (χ2n) is 3.87. The monoisotopic (exact) mass is 274 g/mol. The van der Waals surface area contributed by atoms with E-state index in [-0.39, 0.29) is 18.3 Å². The van der Waals surface area contributed by atoms with E-state index in [0.29, 0.717) is 10.0 Å². The quantitative estimate of drug-likeness (QED) is 0.786. The molecule has 0 saturated heterocycles. The van der Waals surface area contributed by atoms with Gasteiger partial charge in [0.25, 0.3) is 0 Å². The zero-order chi connectivity index (χ0) is 12.8. The van der Waals surface area contributed by atoms with Crippen LogP contribution in [0.1, 0.15) is 25.3 Å². The largest absolute Gasteiger partial charge is 0.374 e. The molecule has 94 valence electrons. The Morgan fingerprint density at radius 2 is 2.12 bits per heavy atom. The van der Waals surface area contributed by atoms with Gasteiger partial charge in [-0.25, -0.2) is 0 Å². The normalized spacial score (nSPS) is 12.5. The van der Waals surface area contributed by atoms with Crippen LogP contribution < -0.4 is 0 Å². The van der Waals surface area contributed by atoms with Crippen molar-refractivity contribution < 1.29 is 9.53 Å². The zero-order valence-electron chi connectivity index (χ0n) is 10.0. The summed E-state index contributed by atoms with van der Waals surface area (Å²) in [5.74, 6) is 0.0403. The number of hydrogen-bond donors (Lipinski definition) is 0. The molecule has 17 heavy (non-hydrogen) atoms. The number of ketones is 1. The molecule has 4 heteroatoms. The van der Waals surface area contributed by atoms with Gasteiger partial charge in [0.05, 0.1) is 10.0 Å². The van der Waals surface area contributed by atoms with Crippen molar-refractivity contribution in [3.63, 3.8) is 0 Å². The maximum absolute atomic E-state index is 12.0. The average Bonchev–Trinajstić information content (AvgIpc) is 2.31. The minimum absolute atomic E-state index is 0.0403. The summed E-state index contributed by atoms with van der Waals surface area (Å²) < 4.78 is 5.17. The van der Waals surface area contributed by atoms with E-state index < -0.39 is 0 Å². The molecule has 0 bridgehead atoms. The third-order valence-electron chi connectivity index (χ3n) is 2.59. The third kappa shape index (κ3) is 3.98. The minimum Gasteiger partial charge on any atom is -0.374 e. The Morgan fingerprint density at radius 3 is 2.71 bits per heavy atom. The first-order chi connectivity index (χ1) is 8.10. The van der Waals surface area contributed by atoms with Gasteiger partial charge in [-0.15, -0.1) is 0 Å². The predicted octanol–water partition coefficient (Wildman–Crippen LogP) is 3.92. The molecular weight excluding hydrogens is 259 g/mol. The van der Waals surface area contributed by atoms with Gasteiger partial charge in [-0.3, -0.25) is 4.79 Å². The molecule has 0 amide bonds. The van der Waals surface area contributed by atoms with Gasteiger partial charge >= 0.3 is 0 Å². The Balaban J connectivity index is 2.76. The van der Waals surface area contributed by atoms with Crippen LogP contribution in [-0.4, -0.2) is 19.0 Å². The van der Waals surface area contributed by atoms with Crippen LogP contribution >= 0.6 is 23.2 Å². The van der Waals surface area contributed by atoms with Gasteiger partial charge in [0.15, 0.2) is 5.78 Å². The molecule has 0 heterocycles. The fourth-order valence-electron chi connectivity index (χ4n) is 1.66. The summed E-state index contributed by atoms with van der Waals surface area (Å²) in [7, 11) is 1.55. The summed E-state index contributed by atoms with van der Waals surface area (Å²) in [6.45, 7) is 2.02. The second-order valence-corrected chi connectivity index (χ2v) is 4.65. The Hall–Kier alpha value is -0.570. The van der Waals surface area contributed by atoms with Gasteiger partial charge in [0.1, 0.15) is 6.10 Å². The number of rotatable bonds is 6. The molecule has 0 saturated carbocycles. The molecule has 1 rings (SSSR count). The topological polar surface area (TPSA) is 26.3 Å². The number of hydrogen-bond acceptors (Lipinski definition) is 2. The number of carbonyl (C=O) groups is 1. The average molecular weight is 275 g/mol. The van der Waals surface area contributed by atoms with Crippen molar-refractivity contribution in [2.24, 2.45) is 0 Å². The number of halogens is 2. The molecule has 2 nitrogen and oxygen atoms in total. The standard InChI is InChI=1S/C13H16Cl2O2/c1-3-5-12(17-2)11(16)8-9-6-4-7-10(14)13(9)15/h4,6-7,12H,3,5,8H2,1-2H3. The molecule has 1 unspecified atom stereocenters. The van der Waals surface area contributed by atoms with E-state index in [4.69, 9.17) is 27.9 Å². The molecule has 0 aliphatic carbocycles. The van der Waals surface area contributed by atoms with Crippen LogP contribution in [0.4, 0.5) is 0 Å². The summed E-state index contributed by atoms with van der Waals surface area (Å²) in [6, 6.07) is 5.31. The highest BCUT2D eigenvalue weighted by Crippen LogP contribution is 2.26. The molecule has 0 N–H and O–H groups in total. The smallest absolute Gasteiger partial charge is 0.165 e. The lowest BCUT2D eigenvalue weighted by molar-refractivity contribution is -0.128. The van der Waals surface area contributed by atoms with E-state index in [0.717, 1.165) is 18.4 Å². The maximum atomic E-state index is 12.0. The van der Waals surface area contributed by atoms with Gasteiger partial charge < -0.3 is 4.74 Å². The summed E-state index contributed by atoms with van der Waals surface area (Å²) >= 11 is 11.9. The van der Waals surface area contributed by atoms with Crippen LogP contribution in [0.5, 0.6) is 0 Å². The van der Waals surface area contributed by atoms with Gasteiger partial charge in [-0.05, 0) is 18.1 Å². The Morgan fingerprint density at radius 1 is 1.41 bits per heavy atom. The highest BCUT2D eigenvalue weighted by Gasteiger charge is 2.18. The van der Waals surface area contributed by atoms with Crippen LogP contribution in [0, 0.1) is 0 Å². The van der Waals surface area contributed by atoms with Gasteiger partial charge in [0.2, 0.25) is 0 Å². The molecule has 0 fully saturated rings. The first-order valence-corrected chi connectivity index (χ1v) is 6.34. The van der Waals surface area contributed by atoms with E-state index in [2.05, 4.69) is 0 Å². The highest BCUT2D eigenvalue weighted by atomic mass is 35.5. The fraction of sp³-hybridized carbons (Fsp3) is 0.462. The minimum atomic E-state index is -0.352. The lowest BCUT2D eigenvalue weighted by atomic mass is 10.0. The molecule has 1 atom stereocenters. The summed E-state index contributed by atoms with van der Waals surface area (Å²) in [6.07, 6.45) is 1.55. The van der Waals surface area contributed by atoms with Crippen molar-refractivity contribution in [3.05, 3.63) is 33.8 Å². The van der Waals surface area contributed by atoms with Crippen molar-refractivity contribution >= 4 is 29.0 Å². The Kier molecular flexibility index (Phi) is 5.96. The Labute approximate surface area is 112 Å². The van der Waals surface area contributed by atoms with Crippen LogP contribution in [0.15, 0.2) is 18.2 Å². The number of ether oxygens (including phenoxy) is 1. The molecule has 0 aliphatic heterocycles. The van der Waals surface area contributed by atoms with E-state index in [1.807, 2.05) is 13.0 Å². The summed E-state index contributed by atoms with van der Waals surface area (Å²) in [5, 5.41) is 0.926. The summed E-state index contributed by atoms with van der Waals surface area (Å²) in [5.41, 5.74) is 0.752. The number of methoxy groups -OCH3 is 1. The van der Waals surface area contributed by atoms with E-state index >= 15 is 0 Å². The molecule has 0 spiro atoms. The highest BCUT2D eigenvalue weighted by molar-refractivity contribution is 6.42. The molecule has 0 aromatic heterocycles. The van der Waals surface area contributed by atoms with Gasteiger partial charge in [-0.2, -0.15) is 0 Å². The first-order valence-electron chi connectivity index (χ1n) is 5.58. The molecule has 1 aromatic rings. The number of benzene rings is 1. The van der Waals surface area contributed by atoms with Gasteiger partial charge in [-0.1, -0.05) is 48.7 Å². The lowest BCUT2D eigenvalue weighted by Gasteiger charge is -2.13. The van der Waals surface area contributed by atoms with E-state index in [1.54, 1.807) is 19.2 Å². The fourth-order valence-corrected chi connectivity index (χ4v) is 2.05. The van der Waals surface area contributed by atoms with Crippen LogP contribution in [0.25, 0.3) is 0 Å². The molecule has 0 radical (unpaired) electrons. The van der Waals surface area contributed by atoms with Crippen LogP contribution in [-0.2, 0) is 16.0 Å². The zero-order valence-corrected chi connectivity index (χ0v) is 11.5. The number of Topliss-reactive ketones (excluding diaryl/α,β-unsaturated/α-hetero) is 1. The number of carbonyl (C=O) groups excluding carboxylic acids is 1. The van der Waals surface area contributed by atoms with Crippen molar-refractivity contribution in [3.8, 4) is 0 Å². The lowest BCUT2D eigenvalue weighted by Crippen LogP contribution is -2.24. The van der Waals surface area contributed by atoms with E-state index in [9.17, 15) is 4.79 Å². The van der Waals surface area contributed by atoms with Crippen molar-refractivity contribution in [2.45, 2.75) is 32.3 Å². The second kappa shape index (κ2) is 7.00. The maximum Gasteiger partial charge on any atom is 0.165 e. The first kappa shape index (κ1) is 14.5. The third-order valence-corrected chi connectivity index (χ3v) is 3.45. The predicted molar refractivity (Wildman–Crippen MR) is 70.9 cm³/mol.